The number of nitrogens with zero attached hydrogens (tertiary/aromatic N) is 2. The van der Waals surface area contributed by atoms with E-state index in [0.29, 0.717) is 5.84 Å². The van der Waals surface area contributed by atoms with Gasteiger partial charge in [0.2, 0.25) is 0 Å². The van der Waals surface area contributed by atoms with Crippen molar-refractivity contribution >= 4 is 21.8 Å². The minimum atomic E-state index is 0.495. The van der Waals surface area contributed by atoms with E-state index in [1.54, 1.807) is 6.20 Å². The van der Waals surface area contributed by atoms with Crippen LogP contribution in [-0.4, -0.2) is 17.4 Å². The van der Waals surface area contributed by atoms with E-state index in [1.165, 1.54) is 0 Å². The van der Waals surface area contributed by atoms with Gasteiger partial charge in [0.15, 0.2) is 0 Å². The summed E-state index contributed by atoms with van der Waals surface area (Å²) < 4.78 is 0.882. The number of nitrogens with two attached hydrogens (primary N) is 1. The first kappa shape index (κ1) is 10.2. The van der Waals surface area contributed by atoms with Gasteiger partial charge in [-0.25, -0.2) is 0 Å². The summed E-state index contributed by atoms with van der Waals surface area (Å²) in [6.45, 7) is 2.80. The van der Waals surface area contributed by atoms with Gasteiger partial charge in [0.25, 0.3) is 0 Å². The summed E-state index contributed by atoms with van der Waals surface area (Å²) in [6.07, 6.45) is 2.69. The standard InChI is InChI=1S/C9H12BrN3/c1-2-5-13-9(11)8-7(10)4-3-6-12-8/h3-4,6H,2,5H2,1H3,(H2,11,13). The normalized spacial score (nSPS) is 11.7. The zero-order chi connectivity index (χ0) is 9.68. The highest BCUT2D eigenvalue weighted by Crippen LogP contribution is 2.12. The molecule has 0 saturated heterocycles. The fourth-order valence-corrected chi connectivity index (χ4v) is 1.34. The van der Waals surface area contributed by atoms with E-state index in [4.69, 9.17) is 5.73 Å². The van der Waals surface area contributed by atoms with Gasteiger partial charge in [-0.2, -0.15) is 0 Å². The summed E-state index contributed by atoms with van der Waals surface area (Å²) in [5.41, 5.74) is 6.46. The van der Waals surface area contributed by atoms with Gasteiger partial charge >= 0.3 is 0 Å². The van der Waals surface area contributed by atoms with Crippen LogP contribution in [0.1, 0.15) is 19.0 Å². The SMILES string of the molecule is CCCN=C(N)c1ncccc1Br. The lowest BCUT2D eigenvalue weighted by Crippen LogP contribution is -2.16. The van der Waals surface area contributed by atoms with Gasteiger partial charge in [-0.3, -0.25) is 9.98 Å². The quantitative estimate of drug-likeness (QED) is 0.650. The molecule has 0 aromatic carbocycles. The van der Waals surface area contributed by atoms with Crippen molar-refractivity contribution in [3.8, 4) is 0 Å². The Morgan fingerprint density at radius 1 is 1.69 bits per heavy atom. The van der Waals surface area contributed by atoms with E-state index in [-0.39, 0.29) is 0 Å². The second kappa shape index (κ2) is 4.97. The van der Waals surface area contributed by atoms with Crippen LogP contribution in [0.25, 0.3) is 0 Å². The lowest BCUT2D eigenvalue weighted by Gasteiger charge is -2.01. The Morgan fingerprint density at radius 3 is 3.08 bits per heavy atom. The van der Waals surface area contributed by atoms with Gasteiger partial charge in [0.05, 0.1) is 0 Å². The Balaban J connectivity index is 2.88. The lowest BCUT2D eigenvalue weighted by molar-refractivity contribution is 0.928. The molecule has 1 aromatic rings. The molecule has 0 fully saturated rings. The third kappa shape index (κ3) is 2.81. The van der Waals surface area contributed by atoms with Crippen LogP contribution in [0.15, 0.2) is 27.8 Å². The molecule has 1 aromatic heterocycles. The Morgan fingerprint density at radius 2 is 2.46 bits per heavy atom. The average Bonchev–Trinajstić information content (AvgIpc) is 2.15. The predicted octanol–water partition coefficient (Wildman–Crippen LogP) is 1.96. The average molecular weight is 242 g/mol. The van der Waals surface area contributed by atoms with Crippen molar-refractivity contribution in [1.82, 2.24) is 4.98 Å². The third-order valence-corrected chi connectivity index (χ3v) is 2.15. The molecule has 2 N–H and O–H groups in total. The molecular formula is C9H12BrN3. The van der Waals surface area contributed by atoms with Crippen LogP contribution < -0.4 is 5.73 Å². The summed E-state index contributed by atoms with van der Waals surface area (Å²) in [6, 6.07) is 3.75. The smallest absolute Gasteiger partial charge is 0.145 e. The van der Waals surface area contributed by atoms with Crippen LogP contribution in [-0.2, 0) is 0 Å². The molecule has 3 nitrogen and oxygen atoms in total. The third-order valence-electron chi connectivity index (χ3n) is 1.51. The largest absolute Gasteiger partial charge is 0.382 e. The zero-order valence-electron chi connectivity index (χ0n) is 7.50. The molecule has 0 bridgehead atoms. The van der Waals surface area contributed by atoms with E-state index >= 15 is 0 Å². The number of hydrogen-bond donors (Lipinski definition) is 1. The van der Waals surface area contributed by atoms with Gasteiger partial charge in [0, 0.05) is 17.2 Å². The Kier molecular flexibility index (Phi) is 3.89. The molecule has 0 radical (unpaired) electrons. The van der Waals surface area contributed by atoms with Crippen molar-refractivity contribution in [2.75, 3.05) is 6.54 Å². The monoisotopic (exact) mass is 241 g/mol. The van der Waals surface area contributed by atoms with Crippen LogP contribution in [0.2, 0.25) is 0 Å². The Labute approximate surface area is 86.2 Å². The molecule has 70 valence electrons. The van der Waals surface area contributed by atoms with Gasteiger partial charge in [0.1, 0.15) is 11.5 Å². The molecule has 4 heteroatoms. The molecule has 0 atom stereocenters. The minimum Gasteiger partial charge on any atom is -0.382 e. The highest BCUT2D eigenvalue weighted by molar-refractivity contribution is 9.10. The first-order valence-corrected chi connectivity index (χ1v) is 4.95. The van der Waals surface area contributed by atoms with Crippen molar-refractivity contribution in [2.45, 2.75) is 13.3 Å². The van der Waals surface area contributed by atoms with Gasteiger partial charge in [-0.1, -0.05) is 6.92 Å². The molecular weight excluding hydrogens is 230 g/mol. The van der Waals surface area contributed by atoms with Crippen molar-refractivity contribution < 1.29 is 0 Å². The number of pyridine rings is 1. The second-order valence-corrected chi connectivity index (χ2v) is 3.46. The highest BCUT2D eigenvalue weighted by atomic mass is 79.9. The number of aliphatic imine (C=N–C) groups is 1. The summed E-state index contributed by atoms with van der Waals surface area (Å²) in [5.74, 6) is 0.495. The Hall–Kier alpha value is -0.900. The van der Waals surface area contributed by atoms with Gasteiger partial charge in [-0.05, 0) is 34.5 Å². The summed E-state index contributed by atoms with van der Waals surface area (Å²) in [7, 11) is 0. The molecule has 0 spiro atoms. The minimum absolute atomic E-state index is 0.495. The second-order valence-electron chi connectivity index (χ2n) is 2.60. The maximum atomic E-state index is 5.74. The molecule has 13 heavy (non-hydrogen) atoms. The molecule has 0 aliphatic heterocycles. The fourth-order valence-electron chi connectivity index (χ4n) is 0.881. The van der Waals surface area contributed by atoms with E-state index < -0.39 is 0 Å². The maximum Gasteiger partial charge on any atom is 0.145 e. The highest BCUT2D eigenvalue weighted by Gasteiger charge is 2.03. The van der Waals surface area contributed by atoms with Crippen LogP contribution in [0.4, 0.5) is 0 Å². The molecule has 1 heterocycles. The van der Waals surface area contributed by atoms with Crippen LogP contribution >= 0.6 is 15.9 Å². The summed E-state index contributed by atoms with van der Waals surface area (Å²) in [5, 5.41) is 0. The van der Waals surface area contributed by atoms with E-state index in [2.05, 4.69) is 32.8 Å². The first-order valence-electron chi connectivity index (χ1n) is 4.16. The van der Waals surface area contributed by atoms with Crippen LogP contribution in [0.5, 0.6) is 0 Å². The molecule has 0 saturated carbocycles. The fraction of sp³-hybridized carbons (Fsp3) is 0.333. The van der Waals surface area contributed by atoms with Crippen molar-refractivity contribution in [3.05, 3.63) is 28.5 Å². The number of rotatable bonds is 3. The lowest BCUT2D eigenvalue weighted by atomic mass is 10.3. The Bertz CT molecular complexity index is 309. The molecule has 0 unspecified atom stereocenters. The van der Waals surface area contributed by atoms with E-state index in [1.807, 2.05) is 12.1 Å². The van der Waals surface area contributed by atoms with Gasteiger partial charge < -0.3 is 5.73 Å². The van der Waals surface area contributed by atoms with E-state index in [0.717, 1.165) is 23.1 Å². The molecule has 0 amide bonds. The summed E-state index contributed by atoms with van der Waals surface area (Å²) in [4.78, 5) is 8.30. The number of hydrogen-bond acceptors (Lipinski definition) is 2. The number of amidine groups is 1. The predicted molar refractivity (Wildman–Crippen MR) is 57.8 cm³/mol. The maximum absolute atomic E-state index is 5.74. The van der Waals surface area contributed by atoms with Crippen molar-refractivity contribution in [3.63, 3.8) is 0 Å². The van der Waals surface area contributed by atoms with Crippen LogP contribution in [0.3, 0.4) is 0 Å². The van der Waals surface area contributed by atoms with Gasteiger partial charge in [-0.15, -0.1) is 0 Å². The first-order chi connectivity index (χ1) is 6.25. The number of halogens is 1. The molecule has 1 rings (SSSR count). The summed E-state index contributed by atoms with van der Waals surface area (Å²) >= 11 is 3.37. The number of aromatic nitrogens is 1. The topological polar surface area (TPSA) is 51.3 Å². The zero-order valence-corrected chi connectivity index (χ0v) is 9.08. The molecule has 0 aliphatic carbocycles. The van der Waals surface area contributed by atoms with Crippen LogP contribution in [0, 0.1) is 0 Å². The van der Waals surface area contributed by atoms with Crippen molar-refractivity contribution in [1.29, 1.82) is 0 Å². The molecule has 0 aliphatic rings. The van der Waals surface area contributed by atoms with E-state index in [9.17, 15) is 0 Å². The van der Waals surface area contributed by atoms with Crippen molar-refractivity contribution in [2.24, 2.45) is 10.7 Å².